The SMILES string of the molecule is C[C@H]1[C@@H](Oc2ccc(Br)cc2)O[C@@H]2O[C@]3(C)CC[C@H]4[C@H](C)CC[C@@H]1[C@@]24OO3. The third-order valence-electron chi connectivity index (χ3n) is 7.16. The van der Waals surface area contributed by atoms with Crippen LogP contribution in [0.3, 0.4) is 0 Å². The predicted molar refractivity (Wildman–Crippen MR) is 102 cm³/mol. The summed E-state index contributed by atoms with van der Waals surface area (Å²) in [5, 5.41) is 0. The molecule has 4 saturated heterocycles. The van der Waals surface area contributed by atoms with Crippen molar-refractivity contribution in [2.75, 3.05) is 0 Å². The number of rotatable bonds is 2. The van der Waals surface area contributed by atoms with Crippen molar-refractivity contribution in [2.45, 2.75) is 70.4 Å². The standard InChI is InChI=1S/C21H27BrO5/c1-12-4-9-17-13(2)18(23-15-7-5-14(22)6-8-15)24-19-21(17)16(12)10-11-20(3,25-19)26-27-21/h5-8,12-13,16-19H,4,9-11H2,1-3H3/t12-,13-,16+,17+,18+,19-,20+,21-/m1/s1. The summed E-state index contributed by atoms with van der Waals surface area (Å²) in [7, 11) is 0. The van der Waals surface area contributed by atoms with Crippen molar-refractivity contribution in [3.8, 4) is 5.75 Å². The smallest absolute Gasteiger partial charge is 0.205 e. The lowest BCUT2D eigenvalue weighted by Crippen LogP contribution is -2.70. The highest BCUT2D eigenvalue weighted by molar-refractivity contribution is 9.10. The monoisotopic (exact) mass is 438 g/mol. The summed E-state index contributed by atoms with van der Waals surface area (Å²) in [5.41, 5.74) is -0.535. The topological polar surface area (TPSA) is 46.2 Å². The molecule has 5 fully saturated rings. The molecule has 0 unspecified atom stereocenters. The first-order valence-corrected chi connectivity index (χ1v) is 10.8. The third-order valence-corrected chi connectivity index (χ3v) is 7.69. The Labute approximate surface area is 168 Å². The van der Waals surface area contributed by atoms with Crippen molar-refractivity contribution in [1.82, 2.24) is 0 Å². The molecule has 148 valence electrons. The number of benzene rings is 1. The van der Waals surface area contributed by atoms with Crippen LogP contribution in [-0.2, 0) is 19.2 Å². The molecule has 1 saturated carbocycles. The van der Waals surface area contributed by atoms with E-state index in [1.807, 2.05) is 31.2 Å². The predicted octanol–water partition coefficient (Wildman–Crippen LogP) is 5.04. The molecule has 1 aromatic rings. The molecule has 4 aliphatic heterocycles. The fourth-order valence-corrected chi connectivity index (χ4v) is 5.92. The van der Waals surface area contributed by atoms with Gasteiger partial charge in [-0.25, -0.2) is 9.78 Å². The molecule has 0 amide bonds. The molecule has 6 heteroatoms. The molecule has 6 rings (SSSR count). The van der Waals surface area contributed by atoms with Crippen molar-refractivity contribution in [1.29, 1.82) is 0 Å². The highest BCUT2D eigenvalue weighted by Gasteiger charge is 2.69. The van der Waals surface area contributed by atoms with Crippen LogP contribution in [0, 0.1) is 23.7 Å². The Hall–Kier alpha value is -0.660. The van der Waals surface area contributed by atoms with E-state index in [0.29, 0.717) is 11.8 Å². The molecule has 1 aliphatic carbocycles. The van der Waals surface area contributed by atoms with Gasteiger partial charge in [0.2, 0.25) is 12.1 Å². The van der Waals surface area contributed by atoms with E-state index in [-0.39, 0.29) is 18.1 Å². The number of hydrogen-bond donors (Lipinski definition) is 0. The maximum Gasteiger partial charge on any atom is 0.205 e. The molecule has 8 atom stereocenters. The van der Waals surface area contributed by atoms with Crippen LogP contribution in [0.1, 0.15) is 46.5 Å². The van der Waals surface area contributed by atoms with Crippen LogP contribution in [0.5, 0.6) is 5.75 Å². The van der Waals surface area contributed by atoms with E-state index in [1.54, 1.807) is 0 Å². The van der Waals surface area contributed by atoms with Gasteiger partial charge in [-0.15, -0.1) is 0 Å². The zero-order valence-corrected chi connectivity index (χ0v) is 17.6. The Balaban J connectivity index is 1.48. The van der Waals surface area contributed by atoms with Gasteiger partial charge in [0, 0.05) is 22.7 Å². The fraction of sp³-hybridized carbons (Fsp3) is 0.714. The van der Waals surface area contributed by atoms with Crippen LogP contribution in [0.15, 0.2) is 28.7 Å². The molecule has 4 heterocycles. The van der Waals surface area contributed by atoms with Crippen molar-refractivity contribution in [2.24, 2.45) is 23.7 Å². The second-order valence-electron chi connectivity index (χ2n) is 8.85. The Morgan fingerprint density at radius 3 is 2.59 bits per heavy atom. The molecule has 0 N–H and O–H groups in total. The van der Waals surface area contributed by atoms with Crippen LogP contribution in [0.25, 0.3) is 0 Å². The van der Waals surface area contributed by atoms with E-state index in [9.17, 15) is 0 Å². The highest BCUT2D eigenvalue weighted by atomic mass is 79.9. The molecular weight excluding hydrogens is 412 g/mol. The summed E-state index contributed by atoms with van der Waals surface area (Å²) in [5.74, 6) is 1.45. The van der Waals surface area contributed by atoms with Gasteiger partial charge in [-0.1, -0.05) is 29.8 Å². The number of hydrogen-bond acceptors (Lipinski definition) is 5. The quantitative estimate of drug-likeness (QED) is 0.605. The first-order valence-electron chi connectivity index (χ1n) is 10.0. The number of ether oxygens (including phenoxy) is 3. The van der Waals surface area contributed by atoms with Crippen molar-refractivity contribution >= 4 is 15.9 Å². The van der Waals surface area contributed by atoms with Crippen molar-refractivity contribution in [3.05, 3.63) is 28.7 Å². The van der Waals surface area contributed by atoms with Crippen LogP contribution in [0.4, 0.5) is 0 Å². The van der Waals surface area contributed by atoms with E-state index in [1.165, 1.54) is 6.42 Å². The first kappa shape index (κ1) is 18.4. The summed E-state index contributed by atoms with van der Waals surface area (Å²) in [4.78, 5) is 12.0. The molecule has 5 aliphatic rings. The van der Waals surface area contributed by atoms with Gasteiger partial charge in [0.05, 0.1) is 0 Å². The van der Waals surface area contributed by atoms with Crippen LogP contribution < -0.4 is 4.74 Å². The Kier molecular flexibility index (Phi) is 4.37. The van der Waals surface area contributed by atoms with Crippen LogP contribution in [0.2, 0.25) is 0 Å². The Morgan fingerprint density at radius 1 is 1.04 bits per heavy atom. The van der Waals surface area contributed by atoms with Crippen molar-refractivity contribution < 1.29 is 24.0 Å². The second kappa shape index (κ2) is 6.42. The minimum Gasteiger partial charge on any atom is -0.465 e. The maximum absolute atomic E-state index is 6.43. The minimum atomic E-state index is -0.750. The van der Waals surface area contributed by atoms with Crippen molar-refractivity contribution in [3.63, 3.8) is 0 Å². The third kappa shape index (κ3) is 2.79. The fourth-order valence-electron chi connectivity index (χ4n) is 5.65. The highest BCUT2D eigenvalue weighted by Crippen LogP contribution is 2.60. The van der Waals surface area contributed by atoms with E-state index in [0.717, 1.165) is 29.5 Å². The van der Waals surface area contributed by atoms with Gasteiger partial charge in [0.1, 0.15) is 5.75 Å². The summed E-state index contributed by atoms with van der Waals surface area (Å²) in [6, 6.07) is 7.87. The van der Waals surface area contributed by atoms with Gasteiger partial charge >= 0.3 is 0 Å². The van der Waals surface area contributed by atoms with Gasteiger partial charge in [-0.3, -0.25) is 0 Å². The molecule has 5 nitrogen and oxygen atoms in total. The van der Waals surface area contributed by atoms with Gasteiger partial charge in [-0.05, 0) is 62.3 Å². The largest absolute Gasteiger partial charge is 0.465 e. The summed E-state index contributed by atoms with van der Waals surface area (Å²) >= 11 is 3.47. The summed E-state index contributed by atoms with van der Waals surface area (Å²) in [6.45, 7) is 6.48. The van der Waals surface area contributed by atoms with Gasteiger partial charge < -0.3 is 14.2 Å². The summed E-state index contributed by atoms with van der Waals surface area (Å²) < 4.78 is 20.1. The van der Waals surface area contributed by atoms with E-state index < -0.39 is 17.7 Å². The van der Waals surface area contributed by atoms with Gasteiger partial charge in [0.25, 0.3) is 0 Å². The van der Waals surface area contributed by atoms with E-state index in [2.05, 4.69) is 29.8 Å². The number of halogens is 1. The molecule has 0 radical (unpaired) electrons. The minimum absolute atomic E-state index is 0.176. The van der Waals surface area contributed by atoms with Crippen LogP contribution >= 0.6 is 15.9 Å². The molecule has 0 aromatic heterocycles. The normalized spacial score (nSPS) is 48.6. The summed E-state index contributed by atoms with van der Waals surface area (Å²) in [6.07, 6.45) is 3.30. The average Bonchev–Trinajstić information content (AvgIpc) is 2.87. The van der Waals surface area contributed by atoms with Gasteiger partial charge in [-0.2, -0.15) is 0 Å². The molecule has 2 bridgehead atoms. The Morgan fingerprint density at radius 2 is 1.81 bits per heavy atom. The zero-order chi connectivity index (χ0) is 18.8. The molecule has 27 heavy (non-hydrogen) atoms. The van der Waals surface area contributed by atoms with E-state index >= 15 is 0 Å². The first-order chi connectivity index (χ1) is 12.9. The lowest BCUT2D eigenvalue weighted by atomic mass is 9.58. The van der Waals surface area contributed by atoms with Crippen LogP contribution in [-0.4, -0.2) is 24.0 Å². The lowest BCUT2D eigenvalue weighted by Gasteiger charge is -2.60. The van der Waals surface area contributed by atoms with Gasteiger partial charge in [0.15, 0.2) is 11.9 Å². The average molecular weight is 439 g/mol. The number of fused-ring (bicyclic) bond motifs is 2. The molecule has 1 aromatic carbocycles. The maximum atomic E-state index is 6.43. The Bertz CT molecular complexity index is 711. The lowest BCUT2D eigenvalue weighted by molar-refractivity contribution is -0.575. The van der Waals surface area contributed by atoms with E-state index in [4.69, 9.17) is 24.0 Å². The molecular formula is C21H27BrO5. The zero-order valence-electron chi connectivity index (χ0n) is 16.0. The molecule has 1 spiro atoms. The second-order valence-corrected chi connectivity index (χ2v) is 9.76.